The minimum atomic E-state index is 0.897. The Labute approximate surface area is 68.9 Å². The molecule has 2 fully saturated rings. The number of hydrogen-bond acceptors (Lipinski definition) is 2. The van der Waals surface area contributed by atoms with Gasteiger partial charge < -0.3 is 0 Å². The Bertz CT molecular complexity index is 116. The van der Waals surface area contributed by atoms with Crippen molar-refractivity contribution in [1.29, 1.82) is 0 Å². The van der Waals surface area contributed by atoms with Gasteiger partial charge in [-0.1, -0.05) is 6.92 Å². The molecule has 0 aromatic carbocycles. The van der Waals surface area contributed by atoms with Gasteiger partial charge in [-0.05, 0) is 32.1 Å². The van der Waals surface area contributed by atoms with Crippen LogP contribution in [-0.2, 0) is 0 Å². The number of nitrogens with one attached hydrogen (secondary N) is 1. The highest BCUT2D eigenvalue weighted by Gasteiger charge is 2.38. The minimum Gasteiger partial charge on any atom is -0.255 e. The summed E-state index contributed by atoms with van der Waals surface area (Å²) in [4.78, 5) is 0. The summed E-state index contributed by atoms with van der Waals surface area (Å²) in [6, 6.07) is 1.79. The lowest BCUT2D eigenvalue weighted by atomic mass is 10.5. The van der Waals surface area contributed by atoms with Gasteiger partial charge in [0, 0.05) is 18.6 Å². The van der Waals surface area contributed by atoms with Gasteiger partial charge in [0.1, 0.15) is 0 Å². The van der Waals surface area contributed by atoms with Gasteiger partial charge in [0.05, 0.1) is 0 Å². The lowest BCUT2D eigenvalue weighted by molar-refractivity contribution is 0.166. The summed E-state index contributed by atoms with van der Waals surface area (Å²) < 4.78 is 0. The zero-order valence-electron chi connectivity index (χ0n) is 7.34. The van der Waals surface area contributed by atoms with Crippen molar-refractivity contribution in [2.45, 2.75) is 51.1 Å². The molecule has 2 rings (SSSR count). The maximum atomic E-state index is 3.53. The van der Waals surface area contributed by atoms with Gasteiger partial charge in [-0.15, -0.1) is 0 Å². The Morgan fingerprint density at radius 1 is 1.18 bits per heavy atom. The molecule has 0 bridgehead atoms. The summed E-state index contributed by atoms with van der Waals surface area (Å²) in [6.45, 7) is 3.39. The smallest absolute Gasteiger partial charge is 0.0247 e. The summed E-state index contributed by atoms with van der Waals surface area (Å²) in [7, 11) is 0. The number of hydrazine groups is 1. The van der Waals surface area contributed by atoms with Gasteiger partial charge in [-0.3, -0.25) is 5.43 Å². The minimum absolute atomic E-state index is 0.897. The van der Waals surface area contributed by atoms with E-state index in [-0.39, 0.29) is 0 Å². The maximum Gasteiger partial charge on any atom is 0.0247 e. The van der Waals surface area contributed by atoms with Crippen molar-refractivity contribution in [2.24, 2.45) is 0 Å². The molecule has 0 atom stereocenters. The molecule has 0 spiro atoms. The second kappa shape index (κ2) is 3.11. The molecule has 2 heteroatoms. The number of rotatable bonds is 5. The maximum absolute atomic E-state index is 3.53. The SMILES string of the molecule is CCCNN(C1CC1)C1CC1. The summed E-state index contributed by atoms with van der Waals surface area (Å²) in [6.07, 6.45) is 6.94. The van der Waals surface area contributed by atoms with E-state index in [0.717, 1.165) is 18.6 Å². The standard InChI is InChI=1S/C9H18N2/c1-2-7-10-11(8-3-4-8)9-5-6-9/h8-10H,2-7H2,1H3. The van der Waals surface area contributed by atoms with Gasteiger partial charge in [-0.25, -0.2) is 5.01 Å². The highest BCUT2D eigenvalue weighted by atomic mass is 15.6. The molecule has 0 heterocycles. The molecule has 0 saturated heterocycles. The molecule has 0 amide bonds. The van der Waals surface area contributed by atoms with Gasteiger partial charge in [-0.2, -0.15) is 0 Å². The first kappa shape index (κ1) is 7.56. The predicted octanol–water partition coefficient (Wildman–Crippen LogP) is 1.53. The second-order valence-corrected chi connectivity index (χ2v) is 3.78. The van der Waals surface area contributed by atoms with Crippen LogP contribution < -0.4 is 5.43 Å². The monoisotopic (exact) mass is 154 g/mol. The van der Waals surface area contributed by atoms with Crippen LogP contribution in [0.1, 0.15) is 39.0 Å². The third-order valence-corrected chi connectivity index (χ3v) is 2.42. The highest BCUT2D eigenvalue weighted by Crippen LogP contribution is 2.35. The van der Waals surface area contributed by atoms with E-state index in [4.69, 9.17) is 0 Å². The molecule has 2 nitrogen and oxygen atoms in total. The molecule has 2 aliphatic carbocycles. The Balaban J connectivity index is 1.73. The van der Waals surface area contributed by atoms with E-state index in [9.17, 15) is 0 Å². The lowest BCUT2D eigenvalue weighted by Gasteiger charge is -2.22. The van der Waals surface area contributed by atoms with Crippen LogP contribution in [0.2, 0.25) is 0 Å². The summed E-state index contributed by atoms with van der Waals surface area (Å²) in [5, 5.41) is 2.52. The van der Waals surface area contributed by atoms with Crippen molar-refractivity contribution in [1.82, 2.24) is 10.4 Å². The van der Waals surface area contributed by atoms with Crippen molar-refractivity contribution in [2.75, 3.05) is 6.54 Å². The fourth-order valence-corrected chi connectivity index (χ4v) is 1.50. The number of hydrogen-bond donors (Lipinski definition) is 1. The normalized spacial score (nSPS) is 24.5. The van der Waals surface area contributed by atoms with Crippen LogP contribution in [0.15, 0.2) is 0 Å². The molecule has 64 valence electrons. The molecular formula is C9H18N2. The van der Waals surface area contributed by atoms with E-state index >= 15 is 0 Å². The Morgan fingerprint density at radius 3 is 2.09 bits per heavy atom. The van der Waals surface area contributed by atoms with Crippen LogP contribution >= 0.6 is 0 Å². The first-order chi connectivity index (χ1) is 5.42. The molecule has 0 radical (unpaired) electrons. The quantitative estimate of drug-likeness (QED) is 0.604. The third kappa shape index (κ3) is 1.94. The first-order valence-electron chi connectivity index (χ1n) is 4.93. The molecular weight excluding hydrogens is 136 g/mol. The molecule has 0 aromatic rings. The summed E-state index contributed by atoms with van der Waals surface area (Å²) in [5.41, 5.74) is 3.53. The van der Waals surface area contributed by atoms with E-state index in [0.29, 0.717) is 0 Å². The van der Waals surface area contributed by atoms with E-state index in [1.54, 1.807) is 0 Å². The first-order valence-corrected chi connectivity index (χ1v) is 4.93. The zero-order chi connectivity index (χ0) is 7.68. The third-order valence-electron chi connectivity index (χ3n) is 2.42. The largest absolute Gasteiger partial charge is 0.255 e. The lowest BCUT2D eigenvalue weighted by Crippen LogP contribution is -2.41. The van der Waals surface area contributed by atoms with E-state index in [2.05, 4.69) is 17.4 Å². The average Bonchev–Trinajstić information content (AvgIpc) is 2.85. The van der Waals surface area contributed by atoms with Crippen LogP contribution in [0.25, 0.3) is 0 Å². The topological polar surface area (TPSA) is 15.3 Å². The molecule has 2 saturated carbocycles. The van der Waals surface area contributed by atoms with E-state index in [1.165, 1.54) is 32.1 Å². The predicted molar refractivity (Wildman–Crippen MR) is 46.2 cm³/mol. The van der Waals surface area contributed by atoms with Crippen LogP contribution in [0.4, 0.5) is 0 Å². The molecule has 0 aliphatic heterocycles. The number of nitrogens with zero attached hydrogens (tertiary/aromatic N) is 1. The van der Waals surface area contributed by atoms with Crippen molar-refractivity contribution in [3.63, 3.8) is 0 Å². The summed E-state index contributed by atoms with van der Waals surface area (Å²) in [5.74, 6) is 0. The van der Waals surface area contributed by atoms with Gasteiger partial charge >= 0.3 is 0 Å². The Hall–Kier alpha value is -0.0800. The van der Waals surface area contributed by atoms with Crippen LogP contribution in [0, 0.1) is 0 Å². The second-order valence-electron chi connectivity index (χ2n) is 3.78. The van der Waals surface area contributed by atoms with Crippen LogP contribution in [0.3, 0.4) is 0 Å². The Morgan fingerprint density at radius 2 is 1.73 bits per heavy atom. The van der Waals surface area contributed by atoms with Gasteiger partial charge in [0.2, 0.25) is 0 Å². The zero-order valence-corrected chi connectivity index (χ0v) is 7.34. The van der Waals surface area contributed by atoms with Gasteiger partial charge in [0.15, 0.2) is 0 Å². The van der Waals surface area contributed by atoms with Crippen molar-refractivity contribution < 1.29 is 0 Å². The van der Waals surface area contributed by atoms with Crippen LogP contribution in [0.5, 0.6) is 0 Å². The molecule has 0 unspecified atom stereocenters. The molecule has 11 heavy (non-hydrogen) atoms. The van der Waals surface area contributed by atoms with E-state index < -0.39 is 0 Å². The van der Waals surface area contributed by atoms with Crippen molar-refractivity contribution in [3.8, 4) is 0 Å². The average molecular weight is 154 g/mol. The fourth-order valence-electron chi connectivity index (χ4n) is 1.50. The molecule has 1 N–H and O–H groups in total. The fraction of sp³-hybridized carbons (Fsp3) is 1.00. The highest BCUT2D eigenvalue weighted by molar-refractivity contribution is 4.92. The van der Waals surface area contributed by atoms with Crippen LogP contribution in [-0.4, -0.2) is 23.6 Å². The van der Waals surface area contributed by atoms with Crippen molar-refractivity contribution >= 4 is 0 Å². The summed E-state index contributed by atoms with van der Waals surface area (Å²) >= 11 is 0. The molecule has 2 aliphatic rings. The Kier molecular flexibility index (Phi) is 2.14. The van der Waals surface area contributed by atoms with Crippen molar-refractivity contribution in [3.05, 3.63) is 0 Å². The van der Waals surface area contributed by atoms with Gasteiger partial charge in [0.25, 0.3) is 0 Å². The van der Waals surface area contributed by atoms with E-state index in [1.807, 2.05) is 0 Å². The molecule has 0 aromatic heterocycles.